The number of carbonyl (C=O) groups is 1. The molecule has 0 radical (unpaired) electrons. The van der Waals surface area contributed by atoms with Gasteiger partial charge >= 0.3 is 0 Å². The number of rotatable bonds is 8. The molecule has 0 fully saturated rings. The molecule has 192 valence electrons. The van der Waals surface area contributed by atoms with Crippen LogP contribution in [0.25, 0.3) is 38.8 Å². The smallest absolute Gasteiger partial charge is 0.274 e. The van der Waals surface area contributed by atoms with Crippen LogP contribution in [0.1, 0.15) is 15.9 Å². The molecule has 2 aromatic heterocycles. The van der Waals surface area contributed by atoms with E-state index in [1.165, 1.54) is 0 Å². The first-order chi connectivity index (χ1) is 19.2. The third kappa shape index (κ3) is 5.16. The Labute approximate surface area is 224 Å². The summed E-state index contributed by atoms with van der Waals surface area (Å²) in [7, 11) is 0. The molecule has 0 atom stereocenters. The van der Waals surface area contributed by atoms with E-state index in [0.717, 1.165) is 55.3 Å². The highest BCUT2D eigenvalue weighted by Crippen LogP contribution is 2.31. The van der Waals surface area contributed by atoms with Crippen molar-refractivity contribution in [3.8, 4) is 5.75 Å². The number of nitrogens with zero attached hydrogens (tertiary/aromatic N) is 1. The number of aromatic amines is 1. The summed E-state index contributed by atoms with van der Waals surface area (Å²) in [5.74, 6) is 0.225. The number of aromatic nitrogens is 2. The van der Waals surface area contributed by atoms with Crippen molar-refractivity contribution in [2.45, 2.75) is 0 Å². The number of pyridine rings is 1. The van der Waals surface area contributed by atoms with Gasteiger partial charge in [-0.3, -0.25) is 15.0 Å². The first-order valence-electron chi connectivity index (χ1n) is 12.6. The molecule has 0 aliphatic heterocycles. The predicted octanol–water partition coefficient (Wildman–Crippen LogP) is 6.56. The zero-order valence-electron chi connectivity index (χ0n) is 21.0. The number of ether oxygens (including phenoxy) is 1. The number of anilines is 1. The van der Waals surface area contributed by atoms with E-state index in [1.807, 2.05) is 72.9 Å². The summed E-state index contributed by atoms with van der Waals surface area (Å²) in [6.07, 6.45) is 3.86. The molecule has 6 rings (SSSR count). The number of hydroxylamine groups is 1. The molecule has 0 unspecified atom stereocenters. The Kier molecular flexibility index (Phi) is 6.64. The van der Waals surface area contributed by atoms with Gasteiger partial charge in [-0.1, -0.05) is 66.7 Å². The number of amides is 1. The standard InChI is InChI=1S/C32H26N4O3/c37-32(36-38)23-14-12-21(13-15-23)16-22(18-33-25-17-24-6-1-3-9-28(24)34-19-25)20-39-30-11-5-8-27-26-7-2-4-10-29(26)35-31(27)30/h1-17,19,33,35,38H,18,20H2,(H,36,37)/b22-16-. The van der Waals surface area contributed by atoms with Crippen molar-refractivity contribution in [2.24, 2.45) is 0 Å². The fraction of sp³-hybridized carbons (Fsp3) is 0.0625. The second kappa shape index (κ2) is 10.7. The molecule has 0 saturated carbocycles. The molecular weight excluding hydrogens is 488 g/mol. The largest absolute Gasteiger partial charge is 0.487 e. The number of hydrogen-bond donors (Lipinski definition) is 4. The Morgan fingerprint density at radius 2 is 1.72 bits per heavy atom. The van der Waals surface area contributed by atoms with Gasteiger partial charge in [0.05, 0.1) is 22.9 Å². The van der Waals surface area contributed by atoms with Crippen LogP contribution in [0.2, 0.25) is 0 Å². The minimum atomic E-state index is -0.550. The highest BCUT2D eigenvalue weighted by molar-refractivity contribution is 6.09. The highest BCUT2D eigenvalue weighted by Gasteiger charge is 2.10. The number of benzene rings is 4. The van der Waals surface area contributed by atoms with Crippen molar-refractivity contribution >= 4 is 50.4 Å². The molecule has 0 aliphatic carbocycles. The van der Waals surface area contributed by atoms with Gasteiger partial charge in [0.25, 0.3) is 5.91 Å². The second-order valence-corrected chi connectivity index (χ2v) is 9.27. The molecule has 7 heteroatoms. The first-order valence-corrected chi connectivity index (χ1v) is 12.6. The van der Waals surface area contributed by atoms with Crippen molar-refractivity contribution in [3.05, 3.63) is 120 Å². The lowest BCUT2D eigenvalue weighted by Crippen LogP contribution is -2.18. The lowest BCUT2D eigenvalue weighted by molar-refractivity contribution is 0.0706. The van der Waals surface area contributed by atoms with E-state index in [-0.39, 0.29) is 0 Å². The van der Waals surface area contributed by atoms with Crippen LogP contribution in [-0.4, -0.2) is 34.2 Å². The van der Waals surface area contributed by atoms with Gasteiger partial charge < -0.3 is 15.0 Å². The van der Waals surface area contributed by atoms with Gasteiger partial charge in [-0.2, -0.15) is 0 Å². The maximum atomic E-state index is 11.7. The van der Waals surface area contributed by atoms with E-state index in [0.29, 0.717) is 18.7 Å². The van der Waals surface area contributed by atoms with Crippen molar-refractivity contribution in [1.29, 1.82) is 0 Å². The monoisotopic (exact) mass is 514 g/mol. The summed E-state index contributed by atoms with van der Waals surface area (Å²) >= 11 is 0. The van der Waals surface area contributed by atoms with Crippen LogP contribution in [-0.2, 0) is 0 Å². The number of fused-ring (bicyclic) bond motifs is 4. The third-order valence-corrected chi connectivity index (χ3v) is 6.67. The normalized spacial score (nSPS) is 11.7. The SMILES string of the molecule is O=C(NO)c1ccc(/C=C(/CNc2cnc3ccccc3c2)COc2cccc3c2[nH]c2ccccc23)cc1. The number of H-pyrrole nitrogens is 1. The van der Waals surface area contributed by atoms with E-state index in [4.69, 9.17) is 9.94 Å². The van der Waals surface area contributed by atoms with Gasteiger partial charge in [-0.25, -0.2) is 5.48 Å². The van der Waals surface area contributed by atoms with Crippen LogP contribution in [0, 0.1) is 0 Å². The van der Waals surface area contributed by atoms with Gasteiger partial charge in [0, 0.05) is 33.8 Å². The average Bonchev–Trinajstić information content (AvgIpc) is 3.38. The van der Waals surface area contributed by atoms with Crippen molar-refractivity contribution in [2.75, 3.05) is 18.5 Å². The molecule has 1 amide bonds. The maximum absolute atomic E-state index is 11.7. The van der Waals surface area contributed by atoms with Crippen molar-refractivity contribution < 1.29 is 14.7 Å². The Hall–Kier alpha value is -5.14. The van der Waals surface area contributed by atoms with Gasteiger partial charge in [-0.05, 0) is 47.5 Å². The summed E-state index contributed by atoms with van der Waals surface area (Å²) in [4.78, 5) is 19.8. The van der Waals surface area contributed by atoms with E-state index in [9.17, 15) is 4.79 Å². The molecule has 7 nitrogen and oxygen atoms in total. The first kappa shape index (κ1) is 24.2. The second-order valence-electron chi connectivity index (χ2n) is 9.27. The van der Waals surface area contributed by atoms with Crippen LogP contribution in [0.15, 0.2) is 109 Å². The Bertz CT molecular complexity index is 1820. The topological polar surface area (TPSA) is 99.3 Å². The minimum Gasteiger partial charge on any atom is -0.487 e. The molecule has 0 bridgehead atoms. The molecule has 4 aromatic carbocycles. The lowest BCUT2D eigenvalue weighted by Gasteiger charge is -2.13. The zero-order valence-corrected chi connectivity index (χ0v) is 21.0. The molecule has 4 N–H and O–H groups in total. The van der Waals surface area contributed by atoms with Crippen LogP contribution < -0.4 is 15.5 Å². The van der Waals surface area contributed by atoms with E-state index in [1.54, 1.807) is 17.6 Å². The molecule has 39 heavy (non-hydrogen) atoms. The molecule has 0 saturated heterocycles. The summed E-state index contributed by atoms with van der Waals surface area (Å²) in [5.41, 5.74) is 7.82. The molecular formula is C32H26N4O3. The number of nitrogens with one attached hydrogen (secondary N) is 3. The number of para-hydroxylation sites is 3. The van der Waals surface area contributed by atoms with E-state index in [2.05, 4.69) is 39.6 Å². The van der Waals surface area contributed by atoms with Crippen molar-refractivity contribution in [3.63, 3.8) is 0 Å². The zero-order chi connectivity index (χ0) is 26.6. The summed E-state index contributed by atoms with van der Waals surface area (Å²) in [6.45, 7) is 0.878. The maximum Gasteiger partial charge on any atom is 0.274 e. The number of hydrogen-bond acceptors (Lipinski definition) is 5. The van der Waals surface area contributed by atoms with Gasteiger partial charge in [0.1, 0.15) is 12.4 Å². The Balaban J connectivity index is 1.27. The lowest BCUT2D eigenvalue weighted by atomic mass is 10.1. The van der Waals surface area contributed by atoms with E-state index < -0.39 is 5.91 Å². The van der Waals surface area contributed by atoms with Crippen LogP contribution in [0.3, 0.4) is 0 Å². The Morgan fingerprint density at radius 3 is 2.59 bits per heavy atom. The molecule has 0 spiro atoms. The van der Waals surface area contributed by atoms with Crippen molar-refractivity contribution in [1.82, 2.24) is 15.4 Å². The van der Waals surface area contributed by atoms with Gasteiger partial charge in [0.15, 0.2) is 0 Å². The quantitative estimate of drug-likeness (QED) is 0.136. The third-order valence-electron chi connectivity index (χ3n) is 6.67. The molecule has 2 heterocycles. The number of carbonyl (C=O) groups excluding carboxylic acids is 1. The van der Waals surface area contributed by atoms with Gasteiger partial charge in [-0.15, -0.1) is 0 Å². The molecule has 6 aromatic rings. The van der Waals surface area contributed by atoms with Crippen LogP contribution >= 0.6 is 0 Å². The van der Waals surface area contributed by atoms with E-state index >= 15 is 0 Å². The Morgan fingerprint density at radius 1 is 0.923 bits per heavy atom. The fourth-order valence-corrected chi connectivity index (χ4v) is 4.69. The average molecular weight is 515 g/mol. The fourth-order valence-electron chi connectivity index (χ4n) is 4.69. The molecule has 0 aliphatic rings. The summed E-state index contributed by atoms with van der Waals surface area (Å²) in [5, 5.41) is 15.7. The predicted molar refractivity (Wildman–Crippen MR) is 155 cm³/mol. The summed E-state index contributed by atoms with van der Waals surface area (Å²) < 4.78 is 6.37. The summed E-state index contributed by atoms with van der Waals surface area (Å²) in [6, 6.07) is 31.4. The minimum absolute atomic E-state index is 0.349. The van der Waals surface area contributed by atoms with Gasteiger partial charge in [0.2, 0.25) is 0 Å². The highest BCUT2D eigenvalue weighted by atomic mass is 16.5. The van der Waals surface area contributed by atoms with Crippen LogP contribution in [0.5, 0.6) is 5.75 Å². The van der Waals surface area contributed by atoms with Crippen LogP contribution in [0.4, 0.5) is 5.69 Å².